The molecule has 0 aromatic carbocycles. The molecule has 0 aromatic heterocycles. The van der Waals surface area contributed by atoms with Crippen LogP contribution in [-0.2, 0) is 75.8 Å². The monoisotopic (exact) mass is 674 g/mol. The Labute approximate surface area is 273 Å². The molecule has 0 amide bonds. The number of ether oxygens (including phenoxy) is 16. The standard InChI is InChI=1S/C30H58O16/c1-31-13-17(35-5)21(37-7)23(18(36-6)14-32-2)45-30-28(42-12)26(40-10)24(20(44-30)16-34-4)46-29-27(41-11)25(39-9)22(38-8)19(43-29)15-33-3/h17-30H,13-16H2,1-12H3/t17-,18+,19-,20-,21-,22-,23-,24-,25+,26+,27-,28-,29+,30+/m1/s1. The number of methoxy groups -OCH3 is 12. The molecule has 274 valence electrons. The molecular weight excluding hydrogens is 616 g/mol. The molecular formula is C30H58O16. The highest BCUT2D eigenvalue weighted by molar-refractivity contribution is 4.97. The van der Waals surface area contributed by atoms with E-state index in [0.29, 0.717) is 0 Å². The Balaban J connectivity index is 2.48. The zero-order valence-electron chi connectivity index (χ0n) is 29.4. The van der Waals surface area contributed by atoms with Crippen molar-refractivity contribution in [1.29, 1.82) is 0 Å². The van der Waals surface area contributed by atoms with Crippen molar-refractivity contribution in [2.45, 2.75) is 85.8 Å². The van der Waals surface area contributed by atoms with Crippen LogP contribution in [-0.4, -0.2) is 198 Å². The summed E-state index contributed by atoms with van der Waals surface area (Å²) >= 11 is 0. The predicted molar refractivity (Wildman–Crippen MR) is 161 cm³/mol. The number of hydrogen-bond donors (Lipinski definition) is 0. The third-order valence-corrected chi connectivity index (χ3v) is 8.38. The summed E-state index contributed by atoms with van der Waals surface area (Å²) in [6.45, 7) is 0.783. The van der Waals surface area contributed by atoms with Crippen molar-refractivity contribution in [1.82, 2.24) is 0 Å². The van der Waals surface area contributed by atoms with Gasteiger partial charge in [-0.2, -0.15) is 0 Å². The molecule has 0 bridgehead atoms. The molecule has 16 heteroatoms. The average Bonchev–Trinajstić information content (AvgIpc) is 3.07. The largest absolute Gasteiger partial charge is 0.382 e. The molecule has 0 spiro atoms. The molecule has 0 saturated carbocycles. The SMILES string of the molecule is COC[C@H](OC)[C@@H](O[C@@H]1O[C@H](COC)[C@@H](O[C@@H]2O[C@H](COC)[C@@H](OC)[C@H](OC)[C@H]2OC)[C@H](OC)[C@H]1OC)[C@H](OC)[C@@H](COC)OC. The molecule has 2 fully saturated rings. The van der Waals surface area contributed by atoms with Gasteiger partial charge < -0.3 is 75.8 Å². The van der Waals surface area contributed by atoms with E-state index in [2.05, 4.69) is 0 Å². The third-order valence-electron chi connectivity index (χ3n) is 8.38. The summed E-state index contributed by atoms with van der Waals surface area (Å²) in [5.41, 5.74) is 0. The molecule has 46 heavy (non-hydrogen) atoms. The van der Waals surface area contributed by atoms with E-state index in [0.717, 1.165) is 0 Å². The Morgan fingerprint density at radius 1 is 0.435 bits per heavy atom. The van der Waals surface area contributed by atoms with E-state index in [1.54, 1.807) is 78.2 Å². The van der Waals surface area contributed by atoms with Crippen LogP contribution in [0.5, 0.6) is 0 Å². The Bertz CT molecular complexity index is 781. The van der Waals surface area contributed by atoms with Crippen LogP contribution in [0.4, 0.5) is 0 Å². The Morgan fingerprint density at radius 3 is 1.30 bits per heavy atom. The summed E-state index contributed by atoms with van der Waals surface area (Å²) < 4.78 is 94.8. The number of rotatable bonds is 23. The van der Waals surface area contributed by atoms with E-state index < -0.39 is 85.8 Å². The van der Waals surface area contributed by atoms with Gasteiger partial charge in [-0.1, -0.05) is 0 Å². The van der Waals surface area contributed by atoms with E-state index >= 15 is 0 Å². The predicted octanol–water partition coefficient (Wildman–Crippen LogP) is -0.0878. The molecule has 2 aliphatic heterocycles. The second-order valence-corrected chi connectivity index (χ2v) is 10.9. The van der Waals surface area contributed by atoms with Crippen molar-refractivity contribution in [3.63, 3.8) is 0 Å². The first-order chi connectivity index (χ1) is 22.3. The molecule has 2 heterocycles. The molecule has 14 atom stereocenters. The van der Waals surface area contributed by atoms with Gasteiger partial charge in [0.2, 0.25) is 0 Å². The van der Waals surface area contributed by atoms with Crippen LogP contribution < -0.4 is 0 Å². The second-order valence-electron chi connectivity index (χ2n) is 10.9. The minimum absolute atomic E-state index is 0.121. The van der Waals surface area contributed by atoms with Gasteiger partial charge in [-0.05, 0) is 0 Å². The van der Waals surface area contributed by atoms with E-state index in [9.17, 15) is 0 Å². The molecule has 2 saturated heterocycles. The first-order valence-corrected chi connectivity index (χ1v) is 15.1. The van der Waals surface area contributed by atoms with Crippen LogP contribution in [0.15, 0.2) is 0 Å². The van der Waals surface area contributed by atoms with E-state index in [-0.39, 0.29) is 26.4 Å². The lowest BCUT2D eigenvalue weighted by Crippen LogP contribution is -2.67. The summed E-state index contributed by atoms with van der Waals surface area (Å²) in [6, 6.07) is 0. The van der Waals surface area contributed by atoms with Gasteiger partial charge in [0.15, 0.2) is 12.6 Å². The van der Waals surface area contributed by atoms with Gasteiger partial charge in [-0.15, -0.1) is 0 Å². The lowest BCUT2D eigenvalue weighted by atomic mass is 9.96. The van der Waals surface area contributed by atoms with Crippen LogP contribution >= 0.6 is 0 Å². The third kappa shape index (κ3) is 10.2. The topological polar surface area (TPSA) is 148 Å². The summed E-state index contributed by atoms with van der Waals surface area (Å²) in [7, 11) is 18.8. The molecule has 0 unspecified atom stereocenters. The van der Waals surface area contributed by atoms with Gasteiger partial charge >= 0.3 is 0 Å². The minimum Gasteiger partial charge on any atom is -0.382 e. The van der Waals surface area contributed by atoms with Crippen molar-refractivity contribution in [3.05, 3.63) is 0 Å². The highest BCUT2D eigenvalue weighted by Crippen LogP contribution is 2.35. The minimum atomic E-state index is -0.997. The van der Waals surface area contributed by atoms with Gasteiger partial charge in [0, 0.05) is 85.3 Å². The molecule has 2 aliphatic rings. The van der Waals surface area contributed by atoms with Crippen molar-refractivity contribution in [2.24, 2.45) is 0 Å². The Kier molecular flexibility index (Phi) is 20.0. The molecule has 0 radical (unpaired) electrons. The lowest BCUT2D eigenvalue weighted by molar-refractivity contribution is -0.375. The first-order valence-electron chi connectivity index (χ1n) is 15.1. The summed E-state index contributed by atoms with van der Waals surface area (Å²) in [5.74, 6) is 0. The molecule has 2 rings (SSSR count). The van der Waals surface area contributed by atoms with Gasteiger partial charge in [0.1, 0.15) is 73.2 Å². The molecule has 0 aliphatic carbocycles. The molecule has 0 N–H and O–H groups in total. The van der Waals surface area contributed by atoms with Crippen molar-refractivity contribution < 1.29 is 75.8 Å². The van der Waals surface area contributed by atoms with Crippen LogP contribution in [0.1, 0.15) is 0 Å². The smallest absolute Gasteiger partial charge is 0.187 e. The van der Waals surface area contributed by atoms with Gasteiger partial charge in [-0.3, -0.25) is 0 Å². The summed E-state index contributed by atoms with van der Waals surface area (Å²) in [5, 5.41) is 0. The molecule has 0 aromatic rings. The van der Waals surface area contributed by atoms with Crippen LogP contribution in [0, 0.1) is 0 Å². The Morgan fingerprint density at radius 2 is 0.870 bits per heavy atom. The second kappa shape index (κ2) is 22.2. The van der Waals surface area contributed by atoms with Crippen LogP contribution in [0.2, 0.25) is 0 Å². The summed E-state index contributed by atoms with van der Waals surface area (Å²) in [4.78, 5) is 0. The van der Waals surface area contributed by atoms with Gasteiger partial charge in [-0.25, -0.2) is 0 Å². The lowest BCUT2D eigenvalue weighted by Gasteiger charge is -2.50. The summed E-state index contributed by atoms with van der Waals surface area (Å²) in [6.07, 6.45) is -9.65. The highest BCUT2D eigenvalue weighted by atomic mass is 16.8. The van der Waals surface area contributed by atoms with Gasteiger partial charge in [0.05, 0.1) is 26.4 Å². The quantitative estimate of drug-likeness (QED) is 0.142. The van der Waals surface area contributed by atoms with Crippen molar-refractivity contribution in [3.8, 4) is 0 Å². The van der Waals surface area contributed by atoms with E-state index in [1.165, 1.54) is 7.11 Å². The maximum absolute atomic E-state index is 6.67. The fraction of sp³-hybridized carbons (Fsp3) is 1.00. The highest BCUT2D eigenvalue weighted by Gasteiger charge is 2.54. The Hall–Kier alpha value is -0.640. The maximum Gasteiger partial charge on any atom is 0.187 e. The van der Waals surface area contributed by atoms with E-state index in [4.69, 9.17) is 75.8 Å². The fourth-order valence-electron chi connectivity index (χ4n) is 6.16. The normalized spacial score (nSPS) is 34.7. The molecule has 16 nitrogen and oxygen atoms in total. The zero-order valence-corrected chi connectivity index (χ0v) is 29.4. The maximum atomic E-state index is 6.67. The van der Waals surface area contributed by atoms with Crippen molar-refractivity contribution in [2.75, 3.05) is 112 Å². The first kappa shape index (κ1) is 41.5. The van der Waals surface area contributed by atoms with Crippen molar-refractivity contribution >= 4 is 0 Å². The average molecular weight is 675 g/mol. The van der Waals surface area contributed by atoms with Crippen LogP contribution in [0.3, 0.4) is 0 Å². The van der Waals surface area contributed by atoms with Gasteiger partial charge in [0.25, 0.3) is 0 Å². The number of hydrogen-bond acceptors (Lipinski definition) is 16. The zero-order chi connectivity index (χ0) is 34.2. The van der Waals surface area contributed by atoms with Crippen LogP contribution in [0.25, 0.3) is 0 Å². The van der Waals surface area contributed by atoms with E-state index in [1.807, 2.05) is 0 Å². The fourth-order valence-corrected chi connectivity index (χ4v) is 6.16.